The van der Waals surface area contributed by atoms with Crippen molar-refractivity contribution < 1.29 is 23.9 Å². The summed E-state index contributed by atoms with van der Waals surface area (Å²) in [6.07, 6.45) is -0.911. The van der Waals surface area contributed by atoms with Crippen LogP contribution in [0.15, 0.2) is 109 Å². The van der Waals surface area contributed by atoms with E-state index in [1.165, 1.54) is 4.90 Å². The molecule has 6 rings (SSSR count). The van der Waals surface area contributed by atoms with Gasteiger partial charge in [-0.15, -0.1) is 0 Å². The highest BCUT2D eigenvalue weighted by Crippen LogP contribution is 2.48. The lowest BCUT2D eigenvalue weighted by molar-refractivity contribution is -0.143. The lowest BCUT2D eigenvalue weighted by Gasteiger charge is -2.29. The van der Waals surface area contributed by atoms with Crippen LogP contribution in [0.3, 0.4) is 0 Å². The van der Waals surface area contributed by atoms with Crippen LogP contribution in [0.1, 0.15) is 29.7 Å². The molecule has 4 aromatic carbocycles. The van der Waals surface area contributed by atoms with Gasteiger partial charge in [0.15, 0.2) is 17.6 Å². The molecular formula is C33H30N2O5. The van der Waals surface area contributed by atoms with Crippen LogP contribution in [0.2, 0.25) is 0 Å². The summed E-state index contributed by atoms with van der Waals surface area (Å²) < 4.78 is 12.1. The first-order chi connectivity index (χ1) is 19.6. The van der Waals surface area contributed by atoms with E-state index in [1.807, 2.05) is 116 Å². The SMILES string of the molecule is CCOc1cc([C@H]2[C@H]3C(=O)N(Cc4ccccc4)C(=O)[C@H]3ON2c2ccccc2)ccc1OCc1ccccc1. The number of amides is 2. The molecule has 2 saturated heterocycles. The Labute approximate surface area is 233 Å². The molecule has 0 N–H and O–H groups in total. The Bertz CT molecular complexity index is 1480. The van der Waals surface area contributed by atoms with E-state index in [0.29, 0.717) is 24.7 Å². The molecule has 40 heavy (non-hydrogen) atoms. The van der Waals surface area contributed by atoms with Crippen molar-refractivity contribution in [3.63, 3.8) is 0 Å². The Morgan fingerprint density at radius 3 is 2.05 bits per heavy atom. The van der Waals surface area contributed by atoms with Crippen molar-refractivity contribution in [3.05, 3.63) is 126 Å². The summed E-state index contributed by atoms with van der Waals surface area (Å²) in [6.45, 7) is 2.97. The summed E-state index contributed by atoms with van der Waals surface area (Å²) in [5.41, 5.74) is 3.50. The number of para-hydroxylation sites is 1. The van der Waals surface area contributed by atoms with E-state index in [9.17, 15) is 9.59 Å². The standard InChI is InChI=1S/C33H30N2O5/c1-2-38-28-20-25(18-19-27(28)39-22-24-14-8-4-9-15-24)30-29-31(40-35(30)26-16-10-5-11-17-26)33(37)34(32(29)36)21-23-12-6-3-7-13-23/h3-20,29-31H,2,21-22H2,1H3/t29-,30+,31+/m1/s1. The molecule has 4 aromatic rings. The third-order valence-electron chi connectivity index (χ3n) is 7.25. The Kier molecular flexibility index (Phi) is 7.21. The lowest BCUT2D eigenvalue weighted by atomic mass is 9.90. The molecule has 2 heterocycles. The largest absolute Gasteiger partial charge is 0.490 e. The van der Waals surface area contributed by atoms with Gasteiger partial charge in [-0.25, -0.2) is 5.06 Å². The van der Waals surface area contributed by atoms with Crippen LogP contribution in [0.4, 0.5) is 5.69 Å². The average molecular weight is 535 g/mol. The molecule has 0 unspecified atom stereocenters. The number of anilines is 1. The van der Waals surface area contributed by atoms with Gasteiger partial charge < -0.3 is 9.47 Å². The molecular weight excluding hydrogens is 504 g/mol. The van der Waals surface area contributed by atoms with Gasteiger partial charge in [0, 0.05) is 0 Å². The van der Waals surface area contributed by atoms with E-state index in [0.717, 1.165) is 22.4 Å². The Morgan fingerprint density at radius 1 is 0.725 bits per heavy atom. The summed E-state index contributed by atoms with van der Waals surface area (Å²) in [5.74, 6) is -0.0947. The van der Waals surface area contributed by atoms with Gasteiger partial charge in [0.25, 0.3) is 5.91 Å². The molecule has 202 valence electrons. The fourth-order valence-electron chi connectivity index (χ4n) is 5.36. The first kappa shape index (κ1) is 25.6. The normalized spacial score (nSPS) is 20.1. The molecule has 0 aromatic heterocycles. The summed E-state index contributed by atoms with van der Waals surface area (Å²) in [5, 5.41) is 1.69. The predicted octanol–water partition coefficient (Wildman–Crippen LogP) is 5.71. The first-order valence-electron chi connectivity index (χ1n) is 13.5. The van der Waals surface area contributed by atoms with Crippen LogP contribution < -0.4 is 14.5 Å². The number of nitrogens with zero attached hydrogens (tertiary/aromatic N) is 2. The van der Waals surface area contributed by atoms with Crippen molar-refractivity contribution in [2.24, 2.45) is 5.92 Å². The highest BCUT2D eigenvalue weighted by atomic mass is 16.7. The number of carbonyl (C=O) groups is 2. The molecule has 2 aliphatic heterocycles. The van der Waals surface area contributed by atoms with Crippen LogP contribution in [-0.4, -0.2) is 29.4 Å². The zero-order valence-electron chi connectivity index (χ0n) is 22.2. The quantitative estimate of drug-likeness (QED) is 0.256. The molecule has 0 aliphatic carbocycles. The maximum absolute atomic E-state index is 13.8. The molecule has 2 fully saturated rings. The fraction of sp³-hybridized carbons (Fsp3) is 0.212. The monoisotopic (exact) mass is 534 g/mol. The van der Waals surface area contributed by atoms with Crippen LogP contribution in [0, 0.1) is 5.92 Å². The zero-order valence-corrected chi connectivity index (χ0v) is 22.2. The minimum Gasteiger partial charge on any atom is -0.490 e. The number of ether oxygens (including phenoxy) is 2. The second-order valence-corrected chi connectivity index (χ2v) is 9.82. The van der Waals surface area contributed by atoms with E-state index >= 15 is 0 Å². The highest BCUT2D eigenvalue weighted by Gasteiger charge is 2.59. The molecule has 0 bridgehead atoms. The molecule has 0 saturated carbocycles. The van der Waals surface area contributed by atoms with Crippen molar-refractivity contribution in [1.82, 2.24) is 4.90 Å². The summed E-state index contributed by atoms with van der Waals surface area (Å²) >= 11 is 0. The summed E-state index contributed by atoms with van der Waals surface area (Å²) in [4.78, 5) is 34.9. The number of carbonyl (C=O) groups excluding carboxylic acids is 2. The number of hydroxylamine groups is 1. The maximum atomic E-state index is 13.8. The molecule has 7 nitrogen and oxygen atoms in total. The minimum atomic E-state index is -0.911. The van der Waals surface area contributed by atoms with Crippen LogP contribution >= 0.6 is 0 Å². The van der Waals surface area contributed by atoms with Gasteiger partial charge in [0.1, 0.15) is 12.5 Å². The maximum Gasteiger partial charge on any atom is 0.262 e. The summed E-state index contributed by atoms with van der Waals surface area (Å²) in [6, 6.07) is 34.1. The van der Waals surface area contributed by atoms with E-state index in [2.05, 4.69) is 0 Å². The molecule has 3 atom stereocenters. The first-order valence-corrected chi connectivity index (χ1v) is 13.5. The van der Waals surface area contributed by atoms with Crippen LogP contribution in [-0.2, 0) is 27.6 Å². The van der Waals surface area contributed by atoms with Gasteiger partial charge in [0.2, 0.25) is 5.91 Å². The van der Waals surface area contributed by atoms with E-state index < -0.39 is 18.1 Å². The van der Waals surface area contributed by atoms with E-state index in [-0.39, 0.29) is 18.4 Å². The summed E-state index contributed by atoms with van der Waals surface area (Å²) in [7, 11) is 0. The number of imide groups is 1. The van der Waals surface area contributed by atoms with Crippen molar-refractivity contribution in [2.45, 2.75) is 32.2 Å². The zero-order chi connectivity index (χ0) is 27.5. The van der Waals surface area contributed by atoms with Crippen molar-refractivity contribution in [3.8, 4) is 11.5 Å². The van der Waals surface area contributed by atoms with Crippen molar-refractivity contribution >= 4 is 17.5 Å². The van der Waals surface area contributed by atoms with Gasteiger partial charge >= 0.3 is 0 Å². The van der Waals surface area contributed by atoms with Crippen LogP contribution in [0.5, 0.6) is 11.5 Å². The lowest BCUT2D eigenvalue weighted by Crippen LogP contribution is -2.36. The second kappa shape index (κ2) is 11.2. The number of rotatable bonds is 9. The van der Waals surface area contributed by atoms with Gasteiger partial charge in [0.05, 0.1) is 24.9 Å². The Morgan fingerprint density at radius 2 is 1.38 bits per heavy atom. The van der Waals surface area contributed by atoms with Gasteiger partial charge in [-0.1, -0.05) is 84.9 Å². The number of hydrogen-bond acceptors (Lipinski definition) is 6. The fourth-order valence-corrected chi connectivity index (χ4v) is 5.36. The third kappa shape index (κ3) is 4.92. The molecule has 0 radical (unpaired) electrons. The van der Waals surface area contributed by atoms with Gasteiger partial charge in [-0.2, -0.15) is 0 Å². The van der Waals surface area contributed by atoms with Crippen molar-refractivity contribution in [1.29, 1.82) is 0 Å². The second-order valence-electron chi connectivity index (χ2n) is 9.82. The number of hydrogen-bond donors (Lipinski definition) is 0. The predicted molar refractivity (Wildman–Crippen MR) is 150 cm³/mol. The molecule has 7 heteroatoms. The smallest absolute Gasteiger partial charge is 0.262 e. The molecule has 2 aliphatic rings. The van der Waals surface area contributed by atoms with Crippen molar-refractivity contribution in [2.75, 3.05) is 11.7 Å². The Balaban J connectivity index is 1.34. The topological polar surface area (TPSA) is 68.3 Å². The van der Waals surface area contributed by atoms with Gasteiger partial charge in [-0.05, 0) is 47.9 Å². The van der Waals surface area contributed by atoms with E-state index in [4.69, 9.17) is 14.3 Å². The highest BCUT2D eigenvalue weighted by molar-refractivity contribution is 6.07. The molecule has 0 spiro atoms. The third-order valence-corrected chi connectivity index (χ3v) is 7.25. The van der Waals surface area contributed by atoms with Gasteiger partial charge in [-0.3, -0.25) is 19.3 Å². The van der Waals surface area contributed by atoms with Crippen LogP contribution in [0.25, 0.3) is 0 Å². The van der Waals surface area contributed by atoms with E-state index in [1.54, 1.807) is 5.06 Å². The number of likely N-dealkylation sites (tertiary alicyclic amines) is 1. The molecule has 2 amide bonds. The number of fused-ring (bicyclic) bond motifs is 1. The Hall–Kier alpha value is -4.62. The number of benzene rings is 4. The average Bonchev–Trinajstić information content (AvgIpc) is 3.50. The minimum absolute atomic E-state index is 0.212.